The van der Waals surface area contributed by atoms with Gasteiger partial charge in [-0.05, 0) is 44.4 Å². The molecule has 1 N–H and O–H groups in total. The van der Waals surface area contributed by atoms with Crippen LogP contribution in [0.3, 0.4) is 0 Å². The fourth-order valence-corrected chi connectivity index (χ4v) is 3.31. The standard InChI is InChI=1S/C26H30FNO2.ClH/c1-3-29-25-15-9-13-22(26(25)30-19-23-12-7-8-14-24(23)27)18-28-20(2)16-17-21-10-5-4-6-11-21;/h4-15,20,28H,3,16-19H2,1-2H3;1H. The van der Waals surface area contributed by atoms with Crippen LogP contribution in [0.4, 0.5) is 4.39 Å². The molecular formula is C26H31ClFNO2. The molecule has 5 heteroatoms. The molecule has 0 saturated heterocycles. The topological polar surface area (TPSA) is 30.5 Å². The number of hydrogen-bond acceptors (Lipinski definition) is 3. The summed E-state index contributed by atoms with van der Waals surface area (Å²) in [4.78, 5) is 0. The van der Waals surface area contributed by atoms with E-state index in [1.54, 1.807) is 12.1 Å². The molecular weight excluding hydrogens is 413 g/mol. The molecule has 166 valence electrons. The predicted octanol–water partition coefficient (Wildman–Crippen LogP) is 6.34. The lowest BCUT2D eigenvalue weighted by Gasteiger charge is -2.19. The highest BCUT2D eigenvalue weighted by Crippen LogP contribution is 2.32. The highest BCUT2D eigenvalue weighted by atomic mass is 35.5. The first kappa shape index (κ1) is 24.7. The minimum Gasteiger partial charge on any atom is -0.490 e. The van der Waals surface area contributed by atoms with Gasteiger partial charge >= 0.3 is 0 Å². The zero-order valence-electron chi connectivity index (χ0n) is 18.1. The Morgan fingerprint density at radius 1 is 0.871 bits per heavy atom. The molecule has 0 aromatic heterocycles. The molecule has 0 saturated carbocycles. The smallest absolute Gasteiger partial charge is 0.166 e. The fraction of sp³-hybridized carbons (Fsp3) is 0.308. The van der Waals surface area contributed by atoms with Crippen molar-refractivity contribution >= 4 is 12.4 Å². The third-order valence-corrected chi connectivity index (χ3v) is 5.04. The lowest BCUT2D eigenvalue weighted by Crippen LogP contribution is -2.26. The Morgan fingerprint density at radius 2 is 1.58 bits per heavy atom. The van der Waals surface area contributed by atoms with E-state index in [-0.39, 0.29) is 24.8 Å². The maximum atomic E-state index is 14.0. The Balaban J connectivity index is 0.00000341. The van der Waals surface area contributed by atoms with E-state index in [1.807, 2.05) is 37.3 Å². The van der Waals surface area contributed by atoms with Gasteiger partial charge in [-0.3, -0.25) is 0 Å². The molecule has 0 aliphatic heterocycles. The second kappa shape index (κ2) is 13.0. The van der Waals surface area contributed by atoms with Crippen LogP contribution in [0.1, 0.15) is 37.0 Å². The number of para-hydroxylation sites is 1. The second-order valence-corrected chi connectivity index (χ2v) is 7.36. The van der Waals surface area contributed by atoms with E-state index in [0.717, 1.165) is 18.4 Å². The lowest BCUT2D eigenvalue weighted by atomic mass is 10.1. The van der Waals surface area contributed by atoms with Gasteiger partial charge in [0.1, 0.15) is 12.4 Å². The highest BCUT2D eigenvalue weighted by molar-refractivity contribution is 5.85. The largest absolute Gasteiger partial charge is 0.490 e. The van der Waals surface area contributed by atoms with E-state index in [1.165, 1.54) is 11.6 Å². The van der Waals surface area contributed by atoms with Crippen molar-refractivity contribution in [2.45, 2.75) is 45.9 Å². The molecule has 31 heavy (non-hydrogen) atoms. The number of rotatable bonds is 11. The summed E-state index contributed by atoms with van der Waals surface area (Å²) in [5.74, 6) is 1.09. The summed E-state index contributed by atoms with van der Waals surface area (Å²) < 4.78 is 25.8. The third-order valence-electron chi connectivity index (χ3n) is 5.04. The van der Waals surface area contributed by atoms with Gasteiger partial charge in [0, 0.05) is 23.7 Å². The van der Waals surface area contributed by atoms with Gasteiger partial charge in [0.15, 0.2) is 11.5 Å². The summed E-state index contributed by atoms with van der Waals surface area (Å²) in [6.07, 6.45) is 2.07. The first-order valence-corrected chi connectivity index (χ1v) is 10.6. The molecule has 1 unspecified atom stereocenters. The summed E-state index contributed by atoms with van der Waals surface area (Å²) in [7, 11) is 0. The molecule has 0 spiro atoms. The van der Waals surface area contributed by atoms with Gasteiger partial charge in [0.2, 0.25) is 0 Å². The van der Waals surface area contributed by atoms with E-state index < -0.39 is 0 Å². The lowest BCUT2D eigenvalue weighted by molar-refractivity contribution is 0.262. The van der Waals surface area contributed by atoms with Crippen molar-refractivity contribution in [1.82, 2.24) is 5.32 Å². The van der Waals surface area contributed by atoms with E-state index in [0.29, 0.717) is 36.3 Å². The van der Waals surface area contributed by atoms with Gasteiger partial charge in [-0.2, -0.15) is 0 Å². The maximum absolute atomic E-state index is 14.0. The Morgan fingerprint density at radius 3 is 2.32 bits per heavy atom. The van der Waals surface area contributed by atoms with Crippen LogP contribution in [0, 0.1) is 5.82 Å². The van der Waals surface area contributed by atoms with Crippen LogP contribution >= 0.6 is 12.4 Å². The fourth-order valence-electron chi connectivity index (χ4n) is 3.31. The first-order chi connectivity index (χ1) is 14.7. The summed E-state index contributed by atoms with van der Waals surface area (Å²) >= 11 is 0. The quantitative estimate of drug-likeness (QED) is 0.375. The summed E-state index contributed by atoms with van der Waals surface area (Å²) in [5.41, 5.74) is 2.88. The summed E-state index contributed by atoms with van der Waals surface area (Å²) in [6.45, 7) is 5.49. The van der Waals surface area contributed by atoms with Crippen LogP contribution < -0.4 is 14.8 Å². The number of benzene rings is 3. The van der Waals surface area contributed by atoms with Crippen molar-refractivity contribution in [3.05, 3.63) is 95.3 Å². The Bertz CT molecular complexity index is 920. The average Bonchev–Trinajstić information content (AvgIpc) is 2.77. The molecule has 3 aromatic carbocycles. The SMILES string of the molecule is CCOc1cccc(CNC(C)CCc2ccccc2)c1OCc1ccccc1F.Cl. The van der Waals surface area contributed by atoms with Crippen molar-refractivity contribution in [3.63, 3.8) is 0 Å². The normalized spacial score (nSPS) is 11.5. The molecule has 0 bridgehead atoms. The molecule has 0 aliphatic carbocycles. The maximum Gasteiger partial charge on any atom is 0.166 e. The van der Waals surface area contributed by atoms with Crippen molar-refractivity contribution in [2.24, 2.45) is 0 Å². The van der Waals surface area contributed by atoms with E-state index >= 15 is 0 Å². The molecule has 0 fully saturated rings. The van der Waals surface area contributed by atoms with Crippen molar-refractivity contribution < 1.29 is 13.9 Å². The summed E-state index contributed by atoms with van der Waals surface area (Å²) in [6, 6.07) is 23.4. The monoisotopic (exact) mass is 443 g/mol. The van der Waals surface area contributed by atoms with Gasteiger partial charge in [-0.25, -0.2) is 4.39 Å². The van der Waals surface area contributed by atoms with Gasteiger partial charge in [0.25, 0.3) is 0 Å². The molecule has 0 amide bonds. The molecule has 0 radical (unpaired) electrons. The van der Waals surface area contributed by atoms with Crippen molar-refractivity contribution in [1.29, 1.82) is 0 Å². The predicted molar refractivity (Wildman–Crippen MR) is 127 cm³/mol. The Kier molecular flexibility index (Phi) is 10.3. The molecule has 0 aliphatic rings. The minimum absolute atomic E-state index is 0. The average molecular weight is 444 g/mol. The highest BCUT2D eigenvalue weighted by Gasteiger charge is 2.13. The van der Waals surface area contributed by atoms with Crippen LogP contribution in [0.15, 0.2) is 72.8 Å². The van der Waals surface area contributed by atoms with E-state index in [2.05, 4.69) is 36.5 Å². The third kappa shape index (κ3) is 7.57. The van der Waals surface area contributed by atoms with Gasteiger partial charge in [-0.15, -0.1) is 12.4 Å². The second-order valence-electron chi connectivity index (χ2n) is 7.36. The van der Waals surface area contributed by atoms with Crippen LogP contribution in [-0.4, -0.2) is 12.6 Å². The number of aryl methyl sites for hydroxylation is 1. The Labute approximate surface area is 191 Å². The molecule has 3 aromatic rings. The molecule has 0 heterocycles. The molecule has 1 atom stereocenters. The molecule has 3 rings (SSSR count). The zero-order chi connectivity index (χ0) is 21.2. The van der Waals surface area contributed by atoms with Crippen molar-refractivity contribution in [3.8, 4) is 11.5 Å². The van der Waals surface area contributed by atoms with Crippen LogP contribution in [-0.2, 0) is 19.6 Å². The number of hydrogen-bond donors (Lipinski definition) is 1. The number of halogens is 2. The first-order valence-electron chi connectivity index (χ1n) is 10.6. The van der Waals surface area contributed by atoms with Gasteiger partial charge in [-0.1, -0.05) is 60.7 Å². The number of nitrogens with one attached hydrogen (secondary N) is 1. The van der Waals surface area contributed by atoms with Gasteiger partial charge in [0.05, 0.1) is 6.61 Å². The zero-order valence-corrected chi connectivity index (χ0v) is 19.0. The minimum atomic E-state index is -0.263. The van der Waals surface area contributed by atoms with Crippen LogP contribution in [0.25, 0.3) is 0 Å². The van der Waals surface area contributed by atoms with Crippen LogP contribution in [0.2, 0.25) is 0 Å². The summed E-state index contributed by atoms with van der Waals surface area (Å²) in [5, 5.41) is 3.58. The van der Waals surface area contributed by atoms with Crippen molar-refractivity contribution in [2.75, 3.05) is 6.61 Å². The Hall–Kier alpha value is -2.56. The van der Waals surface area contributed by atoms with E-state index in [9.17, 15) is 4.39 Å². The van der Waals surface area contributed by atoms with Gasteiger partial charge < -0.3 is 14.8 Å². The van der Waals surface area contributed by atoms with E-state index in [4.69, 9.17) is 9.47 Å². The molecule has 3 nitrogen and oxygen atoms in total. The number of ether oxygens (including phenoxy) is 2. The van der Waals surface area contributed by atoms with Crippen LogP contribution in [0.5, 0.6) is 11.5 Å².